The fraction of sp³-hybridized carbons (Fsp3) is 0.167. The number of halogens is 1. The highest BCUT2D eigenvalue weighted by molar-refractivity contribution is 6.31. The molecule has 0 saturated carbocycles. The van der Waals surface area contributed by atoms with Crippen molar-refractivity contribution in [2.45, 2.75) is 13.8 Å². The van der Waals surface area contributed by atoms with Crippen LogP contribution < -0.4 is 10.3 Å². The molecule has 0 unspecified atom stereocenters. The lowest BCUT2D eigenvalue weighted by molar-refractivity contribution is 0.460. The maximum Gasteiger partial charge on any atom is 0.273 e. The van der Waals surface area contributed by atoms with Crippen LogP contribution >= 0.6 is 11.6 Å². The molecule has 1 aromatic carbocycles. The van der Waals surface area contributed by atoms with Gasteiger partial charge in [-0.25, -0.2) is 4.98 Å². The van der Waals surface area contributed by atoms with Gasteiger partial charge in [-0.1, -0.05) is 17.7 Å². The van der Waals surface area contributed by atoms with Crippen LogP contribution in [-0.2, 0) is 0 Å². The molecule has 0 aliphatic heterocycles. The number of H-pyrrole nitrogens is 1. The van der Waals surface area contributed by atoms with Crippen molar-refractivity contribution < 1.29 is 4.74 Å². The Morgan fingerprint density at radius 3 is 2.76 bits per heavy atom. The van der Waals surface area contributed by atoms with Crippen LogP contribution in [0.4, 0.5) is 0 Å². The number of nitrogens with zero attached hydrogens (tertiary/aromatic N) is 1. The molecule has 17 heavy (non-hydrogen) atoms. The number of hydrogen-bond donors (Lipinski definition) is 1. The van der Waals surface area contributed by atoms with E-state index < -0.39 is 5.56 Å². The molecule has 2 aromatic rings. The van der Waals surface area contributed by atoms with E-state index in [1.54, 1.807) is 0 Å². The van der Waals surface area contributed by atoms with Gasteiger partial charge in [-0.3, -0.25) is 4.79 Å². The highest BCUT2D eigenvalue weighted by Gasteiger charge is 2.08. The molecule has 2 rings (SSSR count). The molecule has 0 saturated heterocycles. The summed E-state index contributed by atoms with van der Waals surface area (Å²) < 4.78 is 5.46. The van der Waals surface area contributed by atoms with Crippen molar-refractivity contribution in [3.63, 3.8) is 0 Å². The predicted molar refractivity (Wildman–Crippen MR) is 65.9 cm³/mol. The van der Waals surface area contributed by atoms with Crippen LogP contribution in [-0.4, -0.2) is 9.97 Å². The maximum absolute atomic E-state index is 11.2. The Labute approximate surface area is 103 Å². The number of aryl methyl sites for hydroxylation is 2. The van der Waals surface area contributed by atoms with E-state index in [2.05, 4.69) is 9.97 Å². The molecule has 5 heteroatoms. The van der Waals surface area contributed by atoms with Crippen molar-refractivity contribution in [3.05, 3.63) is 51.0 Å². The molecule has 0 aliphatic carbocycles. The summed E-state index contributed by atoms with van der Waals surface area (Å²) in [6.07, 6.45) is 1.25. The third kappa shape index (κ3) is 2.47. The van der Waals surface area contributed by atoms with E-state index in [0.717, 1.165) is 5.56 Å². The van der Waals surface area contributed by atoms with Gasteiger partial charge in [0.2, 0.25) is 5.88 Å². The highest BCUT2D eigenvalue weighted by atomic mass is 35.5. The summed E-state index contributed by atoms with van der Waals surface area (Å²) in [6, 6.07) is 5.61. The minimum atomic E-state index is -0.416. The van der Waals surface area contributed by atoms with Gasteiger partial charge in [0.15, 0.2) is 5.02 Å². The fourth-order valence-corrected chi connectivity index (χ4v) is 1.47. The normalized spacial score (nSPS) is 10.3. The number of nitrogens with one attached hydrogen (secondary N) is 1. The van der Waals surface area contributed by atoms with Crippen LogP contribution in [0.1, 0.15) is 11.1 Å². The van der Waals surface area contributed by atoms with Crippen LogP contribution in [0.5, 0.6) is 11.6 Å². The van der Waals surface area contributed by atoms with E-state index >= 15 is 0 Å². The van der Waals surface area contributed by atoms with Gasteiger partial charge in [0.05, 0.1) is 6.33 Å². The van der Waals surface area contributed by atoms with Gasteiger partial charge in [-0.2, -0.15) is 0 Å². The Morgan fingerprint density at radius 2 is 2.06 bits per heavy atom. The van der Waals surface area contributed by atoms with Gasteiger partial charge in [0.1, 0.15) is 5.75 Å². The van der Waals surface area contributed by atoms with E-state index in [0.29, 0.717) is 5.75 Å². The number of aromatic amines is 1. The largest absolute Gasteiger partial charge is 0.437 e. The zero-order valence-corrected chi connectivity index (χ0v) is 10.2. The first-order valence-electron chi connectivity index (χ1n) is 5.06. The number of rotatable bonds is 2. The van der Waals surface area contributed by atoms with E-state index in [1.165, 1.54) is 11.9 Å². The Balaban J connectivity index is 2.35. The highest BCUT2D eigenvalue weighted by Crippen LogP contribution is 2.25. The van der Waals surface area contributed by atoms with E-state index in [-0.39, 0.29) is 10.9 Å². The summed E-state index contributed by atoms with van der Waals surface area (Å²) in [4.78, 5) is 17.5. The number of benzene rings is 1. The zero-order chi connectivity index (χ0) is 12.4. The van der Waals surface area contributed by atoms with Gasteiger partial charge in [0.25, 0.3) is 5.56 Å². The van der Waals surface area contributed by atoms with Crippen molar-refractivity contribution in [3.8, 4) is 11.6 Å². The molecule has 0 radical (unpaired) electrons. The van der Waals surface area contributed by atoms with Crippen LogP contribution in [0.3, 0.4) is 0 Å². The molecular weight excluding hydrogens is 240 g/mol. The average Bonchev–Trinajstić information content (AvgIpc) is 2.30. The smallest absolute Gasteiger partial charge is 0.273 e. The molecule has 1 heterocycles. The van der Waals surface area contributed by atoms with Gasteiger partial charge < -0.3 is 9.72 Å². The Morgan fingerprint density at radius 1 is 1.29 bits per heavy atom. The molecule has 1 aromatic heterocycles. The van der Waals surface area contributed by atoms with Crippen LogP contribution in [0.2, 0.25) is 5.02 Å². The van der Waals surface area contributed by atoms with Crippen molar-refractivity contribution in [2.75, 3.05) is 0 Å². The molecule has 0 fully saturated rings. The topological polar surface area (TPSA) is 55.0 Å². The summed E-state index contributed by atoms with van der Waals surface area (Å²) in [6.45, 7) is 3.99. The molecular formula is C12H11ClN2O2. The molecule has 1 N–H and O–H groups in total. The van der Waals surface area contributed by atoms with Crippen molar-refractivity contribution in [1.29, 1.82) is 0 Å². The summed E-state index contributed by atoms with van der Waals surface area (Å²) in [5.74, 6) is 0.715. The second-order valence-corrected chi connectivity index (χ2v) is 4.08. The summed E-state index contributed by atoms with van der Waals surface area (Å²) >= 11 is 5.78. The van der Waals surface area contributed by atoms with Gasteiger partial charge in [-0.05, 0) is 37.1 Å². The number of ether oxygens (including phenoxy) is 1. The first kappa shape index (κ1) is 11.7. The quantitative estimate of drug-likeness (QED) is 0.892. The third-order valence-corrected chi connectivity index (χ3v) is 2.79. The first-order valence-corrected chi connectivity index (χ1v) is 5.44. The van der Waals surface area contributed by atoms with Gasteiger partial charge in [-0.15, -0.1) is 0 Å². The van der Waals surface area contributed by atoms with Crippen molar-refractivity contribution in [1.82, 2.24) is 9.97 Å². The second kappa shape index (κ2) is 4.59. The standard InChI is InChI=1S/C12H11ClN2O2/c1-7-3-4-9(5-8(7)2)17-12-10(13)11(16)14-6-15-12/h3-6H,1-2H3,(H,14,15,16). The van der Waals surface area contributed by atoms with Crippen molar-refractivity contribution in [2.24, 2.45) is 0 Å². The van der Waals surface area contributed by atoms with Gasteiger partial charge >= 0.3 is 0 Å². The summed E-state index contributed by atoms with van der Waals surface area (Å²) in [7, 11) is 0. The Hall–Kier alpha value is -1.81. The van der Waals surface area contributed by atoms with Gasteiger partial charge in [0, 0.05) is 0 Å². The van der Waals surface area contributed by atoms with E-state index in [1.807, 2.05) is 32.0 Å². The monoisotopic (exact) mass is 250 g/mol. The SMILES string of the molecule is Cc1ccc(Oc2nc[nH]c(=O)c2Cl)cc1C. The number of aromatic nitrogens is 2. The lowest BCUT2D eigenvalue weighted by atomic mass is 10.1. The molecule has 0 aliphatic rings. The van der Waals surface area contributed by atoms with Crippen molar-refractivity contribution >= 4 is 11.6 Å². The Bertz CT molecular complexity index is 608. The van der Waals surface area contributed by atoms with Crippen LogP contribution in [0.15, 0.2) is 29.3 Å². The third-order valence-electron chi connectivity index (χ3n) is 2.46. The molecule has 4 nitrogen and oxygen atoms in total. The lowest BCUT2D eigenvalue weighted by Gasteiger charge is -2.07. The summed E-state index contributed by atoms with van der Waals surface area (Å²) in [5.41, 5.74) is 1.85. The minimum absolute atomic E-state index is 0.0503. The first-order chi connectivity index (χ1) is 8.08. The predicted octanol–water partition coefficient (Wildman–Crippen LogP) is 2.83. The molecule has 0 spiro atoms. The minimum Gasteiger partial charge on any atom is -0.437 e. The maximum atomic E-state index is 11.2. The van der Waals surface area contributed by atoms with E-state index in [9.17, 15) is 4.79 Å². The average molecular weight is 251 g/mol. The summed E-state index contributed by atoms with van der Waals surface area (Å²) in [5, 5.41) is -0.0503. The molecule has 88 valence electrons. The van der Waals surface area contributed by atoms with Crippen LogP contribution in [0, 0.1) is 13.8 Å². The zero-order valence-electron chi connectivity index (χ0n) is 9.45. The Kier molecular flexibility index (Phi) is 3.15. The van der Waals surface area contributed by atoms with Crippen LogP contribution in [0.25, 0.3) is 0 Å². The molecule has 0 amide bonds. The number of hydrogen-bond acceptors (Lipinski definition) is 3. The molecule has 0 atom stereocenters. The fourth-order valence-electron chi connectivity index (χ4n) is 1.33. The molecule has 0 bridgehead atoms. The second-order valence-electron chi connectivity index (χ2n) is 3.70. The lowest BCUT2D eigenvalue weighted by Crippen LogP contribution is -2.07. The van der Waals surface area contributed by atoms with E-state index in [4.69, 9.17) is 16.3 Å².